The first-order valence-corrected chi connectivity index (χ1v) is 20.7. The Morgan fingerprint density at radius 1 is 0.789 bits per heavy atom. The summed E-state index contributed by atoms with van der Waals surface area (Å²) in [7, 11) is 0. The van der Waals surface area contributed by atoms with Gasteiger partial charge in [-0.05, 0) is 98.9 Å². The van der Waals surface area contributed by atoms with E-state index in [1.54, 1.807) is 23.1 Å². The predicted molar refractivity (Wildman–Crippen MR) is 215 cm³/mol. The molecule has 3 saturated heterocycles. The third kappa shape index (κ3) is 7.53. The maximum atomic E-state index is 13.5. The Hall–Kier alpha value is -5.19. The van der Waals surface area contributed by atoms with E-state index in [1.165, 1.54) is 0 Å². The number of aromatic nitrogens is 1. The van der Waals surface area contributed by atoms with Gasteiger partial charge in [-0.1, -0.05) is 17.7 Å². The minimum Gasteiger partial charge on any atom is -0.490 e. The first kappa shape index (κ1) is 37.4. The third-order valence-corrected chi connectivity index (χ3v) is 13.2. The topological polar surface area (TPSA) is 123 Å². The fourth-order valence-corrected chi connectivity index (χ4v) is 9.85. The Morgan fingerprint density at radius 3 is 2.28 bits per heavy atom. The second-order valence-corrected chi connectivity index (χ2v) is 16.7. The summed E-state index contributed by atoms with van der Waals surface area (Å²) in [6, 6.07) is 14.8. The van der Waals surface area contributed by atoms with Gasteiger partial charge in [0.05, 0.1) is 35.5 Å². The summed E-state index contributed by atoms with van der Waals surface area (Å²) >= 11 is 6.21. The first-order chi connectivity index (χ1) is 27.7. The lowest BCUT2D eigenvalue weighted by Gasteiger charge is -2.40. The van der Waals surface area contributed by atoms with Crippen LogP contribution in [0, 0.1) is 12.5 Å². The smallest absolute Gasteiger partial charge is 0.256 e. The van der Waals surface area contributed by atoms with Crippen molar-refractivity contribution in [2.24, 2.45) is 5.92 Å². The van der Waals surface area contributed by atoms with Crippen molar-refractivity contribution in [1.82, 2.24) is 25.0 Å². The van der Waals surface area contributed by atoms with Gasteiger partial charge in [-0.3, -0.25) is 29.4 Å². The summed E-state index contributed by atoms with van der Waals surface area (Å²) in [6.45, 7) is 14.9. The zero-order valence-corrected chi connectivity index (χ0v) is 32.8. The zero-order chi connectivity index (χ0) is 39.2. The molecule has 1 unspecified atom stereocenters. The number of hydrogen-bond acceptors (Lipinski definition) is 9. The van der Waals surface area contributed by atoms with Crippen molar-refractivity contribution in [3.05, 3.63) is 87.4 Å². The average Bonchev–Trinajstić information content (AvgIpc) is 3.73. The van der Waals surface area contributed by atoms with Crippen LogP contribution in [-0.2, 0) is 22.7 Å². The third-order valence-electron chi connectivity index (χ3n) is 12.9. The molecule has 1 saturated carbocycles. The van der Waals surface area contributed by atoms with Crippen LogP contribution in [0.2, 0.25) is 5.02 Å². The standard InChI is InChI=1S/C43H47ClN8O5/c1-45-36-10-7-32(23-35(36)44)57-31-5-2-29(3-6-31)51-26-37-34(43(51)56)9-12-39(46-37)50-16-14-27(15-17-50)24-48-18-20-49(21-19-48)30-4-8-33-28(22-30)25-52(42(33)55)38-11-13-40(53)47-41(38)54/h4,7-10,12,22-23,27,29,31,38H,2-3,5-6,11,13-21,24-26H2,(H,47,53,54). The number of nitrogens with one attached hydrogen (secondary N) is 1. The largest absolute Gasteiger partial charge is 0.490 e. The molecular weight excluding hydrogens is 744 g/mol. The summed E-state index contributed by atoms with van der Waals surface area (Å²) < 4.78 is 6.19. The van der Waals surface area contributed by atoms with E-state index in [9.17, 15) is 19.2 Å². The number of pyridine rings is 1. The van der Waals surface area contributed by atoms with Gasteiger partial charge in [-0.2, -0.15) is 0 Å². The zero-order valence-electron chi connectivity index (χ0n) is 32.0. The maximum Gasteiger partial charge on any atom is 0.256 e. The molecule has 0 bridgehead atoms. The highest BCUT2D eigenvalue weighted by Gasteiger charge is 2.40. The summed E-state index contributed by atoms with van der Waals surface area (Å²) in [5, 5.41) is 2.78. The molecule has 296 valence electrons. The Kier molecular flexibility index (Phi) is 10.3. The normalized spacial score (nSPS) is 24.4. The Morgan fingerprint density at radius 2 is 1.54 bits per heavy atom. The molecule has 14 heteroatoms. The van der Waals surface area contributed by atoms with Crippen molar-refractivity contribution in [2.45, 2.75) is 82.6 Å². The quantitative estimate of drug-likeness (QED) is 0.235. The van der Waals surface area contributed by atoms with Gasteiger partial charge in [0.2, 0.25) is 17.5 Å². The summed E-state index contributed by atoms with van der Waals surface area (Å²) in [5.41, 5.74) is 4.72. The highest BCUT2D eigenvalue weighted by atomic mass is 35.5. The number of hydrogen-bond donors (Lipinski definition) is 1. The molecule has 1 aromatic heterocycles. The number of nitrogens with zero attached hydrogens (tertiary/aromatic N) is 7. The van der Waals surface area contributed by atoms with E-state index < -0.39 is 6.04 Å². The van der Waals surface area contributed by atoms with Gasteiger partial charge in [0, 0.05) is 76.1 Å². The lowest BCUT2D eigenvalue weighted by Crippen LogP contribution is -2.52. The van der Waals surface area contributed by atoms with Crippen LogP contribution >= 0.6 is 11.6 Å². The lowest BCUT2D eigenvalue weighted by molar-refractivity contribution is -0.136. The average molecular weight is 791 g/mol. The molecule has 1 atom stereocenters. The van der Waals surface area contributed by atoms with E-state index in [1.807, 2.05) is 29.2 Å². The molecule has 5 aliphatic heterocycles. The number of amides is 4. The van der Waals surface area contributed by atoms with Crippen molar-refractivity contribution in [2.75, 3.05) is 55.6 Å². The van der Waals surface area contributed by atoms with Crippen LogP contribution in [0.4, 0.5) is 17.2 Å². The van der Waals surface area contributed by atoms with Crippen molar-refractivity contribution in [3.8, 4) is 5.75 Å². The number of imide groups is 1. The monoisotopic (exact) mass is 790 g/mol. The Bertz CT molecular complexity index is 2130. The van der Waals surface area contributed by atoms with Crippen LogP contribution in [-0.4, -0.2) is 107 Å². The van der Waals surface area contributed by atoms with Crippen LogP contribution in [0.15, 0.2) is 48.5 Å². The molecule has 1 N–H and O–H groups in total. The maximum absolute atomic E-state index is 13.5. The van der Waals surface area contributed by atoms with Gasteiger partial charge in [0.15, 0.2) is 0 Å². The highest BCUT2D eigenvalue weighted by molar-refractivity contribution is 6.33. The van der Waals surface area contributed by atoms with E-state index >= 15 is 0 Å². The number of fused-ring (bicyclic) bond motifs is 2. The summed E-state index contributed by atoms with van der Waals surface area (Å²) in [6.07, 6.45) is 6.33. The molecule has 1 aliphatic carbocycles. The van der Waals surface area contributed by atoms with Crippen molar-refractivity contribution < 1.29 is 23.9 Å². The first-order valence-electron chi connectivity index (χ1n) is 20.3. The molecule has 4 amide bonds. The van der Waals surface area contributed by atoms with E-state index in [-0.39, 0.29) is 42.2 Å². The van der Waals surface area contributed by atoms with Crippen LogP contribution < -0.4 is 19.9 Å². The molecule has 6 heterocycles. The molecule has 0 radical (unpaired) electrons. The SMILES string of the molecule is [C-]#[N+]c1ccc(OC2CCC(N3Cc4nc(N5CCC(CN6CCN(c7ccc8c(c7)CN(C7CCC(=O)NC7=O)C8=O)CC6)CC5)ccc4C3=O)CC2)cc1Cl. The lowest BCUT2D eigenvalue weighted by atomic mass is 9.92. The number of rotatable bonds is 8. The Labute approximate surface area is 337 Å². The number of ether oxygens (including phenoxy) is 1. The second-order valence-electron chi connectivity index (χ2n) is 16.3. The predicted octanol–water partition coefficient (Wildman–Crippen LogP) is 5.43. The number of halogens is 1. The molecule has 57 heavy (non-hydrogen) atoms. The van der Waals surface area contributed by atoms with Crippen molar-refractivity contribution in [1.29, 1.82) is 0 Å². The fourth-order valence-electron chi connectivity index (χ4n) is 9.64. The molecule has 4 fully saturated rings. The molecule has 6 aliphatic rings. The molecule has 9 rings (SSSR count). The highest BCUT2D eigenvalue weighted by Crippen LogP contribution is 2.36. The van der Waals surface area contributed by atoms with E-state index in [0.29, 0.717) is 47.5 Å². The van der Waals surface area contributed by atoms with E-state index in [4.69, 9.17) is 27.9 Å². The molecule has 0 spiro atoms. The number of anilines is 2. The second kappa shape index (κ2) is 15.6. The van der Waals surface area contributed by atoms with E-state index in [2.05, 4.69) is 30.9 Å². The number of carbonyl (C=O) groups is 4. The van der Waals surface area contributed by atoms with E-state index in [0.717, 1.165) is 113 Å². The van der Waals surface area contributed by atoms with Gasteiger partial charge in [-0.25, -0.2) is 9.83 Å². The van der Waals surface area contributed by atoms with Gasteiger partial charge in [0.25, 0.3) is 11.8 Å². The summed E-state index contributed by atoms with van der Waals surface area (Å²) in [4.78, 5) is 70.1. The molecule has 3 aromatic rings. The number of piperidine rings is 2. The number of carbonyl (C=O) groups excluding carboxylic acids is 4. The van der Waals surface area contributed by atoms with Gasteiger partial charge < -0.3 is 24.3 Å². The van der Waals surface area contributed by atoms with Crippen LogP contribution in [0.5, 0.6) is 5.75 Å². The number of benzene rings is 2. The van der Waals surface area contributed by atoms with Gasteiger partial charge in [-0.15, -0.1) is 0 Å². The van der Waals surface area contributed by atoms with Gasteiger partial charge >= 0.3 is 0 Å². The minimum atomic E-state index is -0.601. The van der Waals surface area contributed by atoms with Gasteiger partial charge in [0.1, 0.15) is 17.6 Å². The van der Waals surface area contributed by atoms with Crippen molar-refractivity contribution in [3.63, 3.8) is 0 Å². The van der Waals surface area contributed by atoms with Crippen LogP contribution in [0.3, 0.4) is 0 Å². The summed E-state index contributed by atoms with van der Waals surface area (Å²) in [5.74, 6) is 1.55. The fraction of sp³-hybridized carbons (Fsp3) is 0.488. The number of piperazine rings is 1. The molecule has 13 nitrogen and oxygen atoms in total. The molecular formula is C43H47ClN8O5. The van der Waals surface area contributed by atoms with Crippen LogP contribution in [0.1, 0.15) is 83.3 Å². The minimum absolute atomic E-state index is 0.0564. The van der Waals surface area contributed by atoms with Crippen molar-refractivity contribution >= 4 is 52.4 Å². The van der Waals surface area contributed by atoms with Crippen LogP contribution in [0.25, 0.3) is 4.85 Å². The molecule has 2 aromatic carbocycles. The Balaban J connectivity index is 0.722.